The van der Waals surface area contributed by atoms with Gasteiger partial charge in [0.2, 0.25) is 11.2 Å². The number of rotatable bonds is 17. The Morgan fingerprint density at radius 1 is 1.04 bits per heavy atom. The molecule has 1 atom stereocenters. The number of hydrogen-bond acceptors (Lipinski definition) is 12. The Morgan fingerprint density at radius 3 is 2.43 bits per heavy atom. The summed E-state index contributed by atoms with van der Waals surface area (Å²) in [6, 6.07) is 16.7. The molecular formula is C40H46ClN3O8S2. The fourth-order valence-corrected chi connectivity index (χ4v) is 9.01. The van der Waals surface area contributed by atoms with Crippen LogP contribution in [0.1, 0.15) is 71.9 Å². The number of phenolic OH excluding ortho intramolecular Hbond substituents is 1. The summed E-state index contributed by atoms with van der Waals surface area (Å²) >= 11 is 9.32. The fourth-order valence-electron chi connectivity index (χ4n) is 7.06. The predicted octanol–water partition coefficient (Wildman–Crippen LogP) is 7.07. The normalized spacial score (nSPS) is 15.0. The van der Waals surface area contributed by atoms with Crippen LogP contribution in [-0.2, 0) is 21.7 Å². The van der Waals surface area contributed by atoms with Crippen molar-refractivity contribution in [3.8, 4) is 17.2 Å². The molecule has 0 radical (unpaired) electrons. The number of H-pyrrole nitrogens is 1. The van der Waals surface area contributed by atoms with Gasteiger partial charge in [0.25, 0.3) is 0 Å². The Bertz CT molecular complexity index is 2030. The number of nitrogens with zero attached hydrogens (tertiary/aromatic N) is 1. The van der Waals surface area contributed by atoms with Crippen molar-refractivity contribution in [2.45, 2.75) is 68.9 Å². The van der Waals surface area contributed by atoms with Crippen LogP contribution < -0.4 is 20.3 Å². The highest BCUT2D eigenvalue weighted by molar-refractivity contribution is 7.12. The van der Waals surface area contributed by atoms with E-state index in [-0.39, 0.29) is 23.4 Å². The van der Waals surface area contributed by atoms with Gasteiger partial charge in [-0.1, -0.05) is 36.2 Å². The van der Waals surface area contributed by atoms with E-state index in [9.17, 15) is 24.9 Å². The Hall–Kier alpha value is -3.95. The molecule has 0 bridgehead atoms. The minimum absolute atomic E-state index is 0.0682. The van der Waals surface area contributed by atoms with Crippen molar-refractivity contribution in [2.75, 3.05) is 33.9 Å². The lowest BCUT2D eigenvalue weighted by atomic mass is 9.89. The first-order chi connectivity index (χ1) is 26.1. The molecule has 0 unspecified atom stereocenters. The molecule has 5 N–H and O–H groups in total. The summed E-state index contributed by atoms with van der Waals surface area (Å²) < 4.78 is 18.1. The Morgan fingerprint density at radius 2 is 1.76 bits per heavy atom. The second kappa shape index (κ2) is 17.7. The van der Waals surface area contributed by atoms with Crippen molar-refractivity contribution in [3.05, 3.63) is 108 Å². The first-order valence-electron chi connectivity index (χ1n) is 18.0. The van der Waals surface area contributed by atoms with E-state index in [4.69, 9.17) is 25.8 Å². The van der Waals surface area contributed by atoms with E-state index < -0.39 is 23.4 Å². The summed E-state index contributed by atoms with van der Waals surface area (Å²) in [6.45, 7) is 1.62. The van der Waals surface area contributed by atoms with Crippen molar-refractivity contribution in [1.29, 1.82) is 0 Å². The third kappa shape index (κ3) is 8.63. The van der Waals surface area contributed by atoms with Crippen molar-refractivity contribution < 1.29 is 34.3 Å². The highest BCUT2D eigenvalue weighted by atomic mass is 35.5. The molecule has 6 rings (SSSR count). The summed E-state index contributed by atoms with van der Waals surface area (Å²) in [5.74, 6) is 0.359. The Labute approximate surface area is 327 Å². The van der Waals surface area contributed by atoms with Gasteiger partial charge in [0.1, 0.15) is 17.2 Å². The van der Waals surface area contributed by atoms with Crippen molar-refractivity contribution in [2.24, 2.45) is 0 Å². The van der Waals surface area contributed by atoms with E-state index in [1.165, 1.54) is 34.8 Å². The molecule has 2 aromatic carbocycles. The van der Waals surface area contributed by atoms with E-state index in [0.717, 1.165) is 37.7 Å². The molecule has 14 heteroatoms. The first kappa shape index (κ1) is 39.7. The molecule has 54 heavy (non-hydrogen) atoms. The van der Waals surface area contributed by atoms with Gasteiger partial charge >= 0.3 is 5.97 Å². The highest BCUT2D eigenvalue weighted by Gasteiger charge is 2.49. The second-order valence-electron chi connectivity index (χ2n) is 13.6. The third-order valence-corrected chi connectivity index (χ3v) is 12.3. The van der Waals surface area contributed by atoms with Gasteiger partial charge in [-0.2, -0.15) is 0 Å². The maximum Gasteiger partial charge on any atom is 0.351 e. The zero-order valence-corrected chi connectivity index (χ0v) is 32.7. The van der Waals surface area contributed by atoms with Crippen LogP contribution in [0.3, 0.4) is 0 Å². The van der Waals surface area contributed by atoms with Crippen LogP contribution in [0, 0.1) is 0 Å². The number of esters is 1. The highest BCUT2D eigenvalue weighted by Crippen LogP contribution is 2.41. The standard InChI is InChI=1S/C40H46ClN3O8S2/c1-44(39(16-4-3-5-17-39)52-38(48)40(49,34-10-8-20-53-34)35-11-9-21-54-35)18-6-7-19-51-33-23-32(50-2)26(22-29(33)41)24-42-25-31(46)27-12-14-30(45)37-28(27)13-15-36(47)43-37/h8-15,20-23,31,42,45-46,49H,3-7,16-19,24-25H2,1-2H3,(H,43,47)/t31-/m1/s1. The number of aliphatic hydroxyl groups is 2. The largest absolute Gasteiger partial charge is 0.506 e. The quantitative estimate of drug-likeness (QED) is 0.0375. The molecule has 0 spiro atoms. The first-order valence-corrected chi connectivity index (χ1v) is 20.2. The summed E-state index contributed by atoms with van der Waals surface area (Å²) in [5, 5.41) is 40.9. The maximum atomic E-state index is 13.9. The molecule has 0 aliphatic heterocycles. The molecule has 1 aliphatic carbocycles. The van der Waals surface area contributed by atoms with Gasteiger partial charge in [-0.15, -0.1) is 22.7 Å². The van der Waals surface area contributed by atoms with Crippen LogP contribution in [0.15, 0.2) is 76.2 Å². The molecule has 1 saturated carbocycles. The lowest BCUT2D eigenvalue weighted by Crippen LogP contribution is -2.54. The maximum absolute atomic E-state index is 13.9. The topological polar surface area (TPSA) is 154 Å². The van der Waals surface area contributed by atoms with Crippen LogP contribution in [-0.4, -0.2) is 70.8 Å². The van der Waals surface area contributed by atoms with Crippen LogP contribution in [0.25, 0.3) is 10.9 Å². The number of nitrogens with one attached hydrogen (secondary N) is 2. The number of benzene rings is 2. The van der Waals surface area contributed by atoms with Crippen LogP contribution in [0.4, 0.5) is 0 Å². The Kier molecular flexibility index (Phi) is 13.0. The van der Waals surface area contributed by atoms with Crippen molar-refractivity contribution in [3.63, 3.8) is 0 Å². The average molecular weight is 796 g/mol. The Balaban J connectivity index is 1.02. The van der Waals surface area contributed by atoms with Gasteiger partial charge in [0.15, 0.2) is 5.72 Å². The van der Waals surface area contributed by atoms with Gasteiger partial charge in [-0.25, -0.2) is 4.79 Å². The number of carbonyl (C=O) groups excluding carboxylic acids is 1. The number of methoxy groups -OCH3 is 1. The molecule has 1 fully saturated rings. The predicted molar refractivity (Wildman–Crippen MR) is 212 cm³/mol. The number of aromatic hydroxyl groups is 1. The van der Waals surface area contributed by atoms with E-state index in [2.05, 4.69) is 15.2 Å². The number of unbranched alkanes of at least 4 members (excludes halogenated alkanes) is 1. The fraction of sp³-hybridized carbons (Fsp3) is 0.400. The number of fused-ring (bicyclic) bond motifs is 1. The smallest absolute Gasteiger partial charge is 0.351 e. The number of hydrogen-bond donors (Lipinski definition) is 5. The van der Waals surface area contributed by atoms with Crippen molar-refractivity contribution in [1.82, 2.24) is 15.2 Å². The lowest BCUT2D eigenvalue weighted by Gasteiger charge is -2.45. The van der Waals surface area contributed by atoms with Gasteiger partial charge in [0, 0.05) is 55.6 Å². The van der Waals surface area contributed by atoms with Crippen LogP contribution >= 0.6 is 34.3 Å². The SMILES string of the molecule is COc1cc(OCCCCN(C)C2(OC(=O)C(O)(c3cccs3)c3cccs3)CCCCC2)c(Cl)cc1CNC[C@@H](O)c1ccc(O)c2[nH]c(=O)ccc12. The summed E-state index contributed by atoms with van der Waals surface area (Å²) in [4.78, 5) is 31.5. The molecule has 5 aromatic rings. The average Bonchev–Trinajstić information content (AvgIpc) is 3.92. The van der Waals surface area contributed by atoms with Crippen molar-refractivity contribution >= 4 is 51.1 Å². The number of carbonyl (C=O) groups is 1. The van der Waals surface area contributed by atoms with E-state index in [0.29, 0.717) is 69.8 Å². The zero-order chi connectivity index (χ0) is 38.3. The van der Waals surface area contributed by atoms with Crippen LogP contribution in [0.5, 0.6) is 17.2 Å². The molecule has 3 heterocycles. The van der Waals surface area contributed by atoms with Gasteiger partial charge in [-0.3, -0.25) is 9.69 Å². The number of aromatic amines is 1. The van der Waals surface area contributed by atoms with Crippen LogP contribution in [0.2, 0.25) is 5.02 Å². The molecular weight excluding hydrogens is 750 g/mol. The number of aliphatic hydroxyl groups excluding tert-OH is 1. The van der Waals surface area contributed by atoms with Gasteiger partial charge < -0.3 is 39.8 Å². The second-order valence-corrected chi connectivity index (χ2v) is 15.9. The monoisotopic (exact) mass is 795 g/mol. The summed E-state index contributed by atoms with van der Waals surface area (Å²) in [7, 11) is 3.55. The molecule has 3 aromatic heterocycles. The number of thiophene rings is 2. The molecule has 0 amide bonds. The third-order valence-electron chi connectivity index (χ3n) is 10.1. The summed E-state index contributed by atoms with van der Waals surface area (Å²) in [5.41, 5.74) is -1.39. The minimum Gasteiger partial charge on any atom is -0.506 e. The molecule has 1 aliphatic rings. The number of phenols is 1. The zero-order valence-electron chi connectivity index (χ0n) is 30.3. The number of ether oxygens (including phenoxy) is 3. The van der Waals surface area contributed by atoms with Gasteiger partial charge in [-0.05, 0) is 79.4 Å². The number of aromatic nitrogens is 1. The van der Waals surface area contributed by atoms with E-state index in [1.54, 1.807) is 43.5 Å². The molecule has 0 saturated heterocycles. The molecule has 11 nitrogen and oxygen atoms in total. The minimum atomic E-state index is -1.86. The van der Waals surface area contributed by atoms with Gasteiger partial charge in [0.05, 0.1) is 40.1 Å². The van der Waals surface area contributed by atoms with E-state index >= 15 is 0 Å². The lowest BCUT2D eigenvalue weighted by molar-refractivity contribution is -0.206. The van der Waals surface area contributed by atoms with E-state index in [1.807, 2.05) is 29.9 Å². The molecule has 288 valence electrons. The number of halogens is 1. The summed E-state index contributed by atoms with van der Waals surface area (Å²) in [6.07, 6.45) is 4.92. The number of pyridine rings is 1.